The van der Waals surface area contributed by atoms with Gasteiger partial charge in [-0.3, -0.25) is 4.98 Å². The third-order valence-corrected chi connectivity index (χ3v) is 2.55. The van der Waals surface area contributed by atoms with Crippen molar-refractivity contribution in [3.8, 4) is 0 Å². The molecule has 16 heavy (non-hydrogen) atoms. The van der Waals surface area contributed by atoms with Crippen molar-refractivity contribution in [3.63, 3.8) is 0 Å². The number of rotatable bonds is 3. The Morgan fingerprint density at radius 3 is 2.56 bits per heavy atom. The van der Waals surface area contributed by atoms with Gasteiger partial charge in [0.05, 0.1) is 11.7 Å². The van der Waals surface area contributed by atoms with Crippen LogP contribution in [0.2, 0.25) is 0 Å². The number of hydrogen-bond donors (Lipinski definition) is 1. The third-order valence-electron chi connectivity index (χ3n) is 2.55. The molecular formula is C12H16N4. The fraction of sp³-hybridized carbons (Fsp3) is 0.333. The van der Waals surface area contributed by atoms with Gasteiger partial charge in [-0.15, -0.1) is 0 Å². The summed E-state index contributed by atoms with van der Waals surface area (Å²) in [7, 11) is 1.99. The van der Waals surface area contributed by atoms with E-state index in [9.17, 15) is 0 Å². The summed E-state index contributed by atoms with van der Waals surface area (Å²) in [6, 6.07) is 4.24. The van der Waals surface area contributed by atoms with Gasteiger partial charge in [-0.1, -0.05) is 0 Å². The zero-order valence-electron chi connectivity index (χ0n) is 9.81. The SMILES string of the molecule is Cc1cn(C)c(NC(C)c2ccncc2)n1. The molecule has 2 aromatic rings. The van der Waals surface area contributed by atoms with Crippen LogP contribution in [0.1, 0.15) is 24.2 Å². The first-order valence-electron chi connectivity index (χ1n) is 5.33. The monoisotopic (exact) mass is 216 g/mol. The van der Waals surface area contributed by atoms with Crippen LogP contribution in [0.4, 0.5) is 5.95 Å². The van der Waals surface area contributed by atoms with E-state index < -0.39 is 0 Å². The molecule has 2 rings (SSSR count). The number of anilines is 1. The summed E-state index contributed by atoms with van der Waals surface area (Å²) in [6.45, 7) is 4.10. The Morgan fingerprint density at radius 1 is 1.31 bits per heavy atom. The average molecular weight is 216 g/mol. The van der Waals surface area contributed by atoms with Crippen molar-refractivity contribution in [2.75, 3.05) is 5.32 Å². The molecular weight excluding hydrogens is 200 g/mol. The van der Waals surface area contributed by atoms with Crippen molar-refractivity contribution in [2.45, 2.75) is 19.9 Å². The number of nitrogens with one attached hydrogen (secondary N) is 1. The van der Waals surface area contributed by atoms with Gasteiger partial charge < -0.3 is 9.88 Å². The number of hydrogen-bond acceptors (Lipinski definition) is 3. The van der Waals surface area contributed by atoms with Crippen molar-refractivity contribution >= 4 is 5.95 Å². The lowest BCUT2D eigenvalue weighted by Crippen LogP contribution is -2.10. The molecule has 0 amide bonds. The van der Waals surface area contributed by atoms with E-state index in [-0.39, 0.29) is 6.04 Å². The minimum atomic E-state index is 0.225. The standard InChI is InChI=1S/C12H16N4/c1-9-8-16(3)12(14-9)15-10(2)11-4-6-13-7-5-11/h4-8,10H,1-3H3,(H,14,15). The highest BCUT2D eigenvalue weighted by molar-refractivity contribution is 5.33. The maximum atomic E-state index is 4.41. The van der Waals surface area contributed by atoms with Gasteiger partial charge in [0.2, 0.25) is 5.95 Å². The lowest BCUT2D eigenvalue weighted by atomic mass is 10.1. The normalized spacial score (nSPS) is 12.4. The first-order valence-corrected chi connectivity index (χ1v) is 5.33. The van der Waals surface area contributed by atoms with E-state index in [1.165, 1.54) is 5.56 Å². The first kappa shape index (κ1) is 10.7. The van der Waals surface area contributed by atoms with Gasteiger partial charge in [-0.05, 0) is 31.5 Å². The topological polar surface area (TPSA) is 42.7 Å². The van der Waals surface area contributed by atoms with Gasteiger partial charge in [0.25, 0.3) is 0 Å². The average Bonchev–Trinajstić information content (AvgIpc) is 2.59. The highest BCUT2D eigenvalue weighted by Crippen LogP contribution is 2.17. The summed E-state index contributed by atoms with van der Waals surface area (Å²) in [4.78, 5) is 8.42. The Bertz CT molecular complexity index is 461. The molecule has 0 saturated heterocycles. The van der Waals surface area contributed by atoms with Crippen LogP contribution in [0.15, 0.2) is 30.7 Å². The maximum absolute atomic E-state index is 4.41. The molecule has 1 unspecified atom stereocenters. The van der Waals surface area contributed by atoms with Gasteiger partial charge >= 0.3 is 0 Å². The summed E-state index contributed by atoms with van der Waals surface area (Å²) in [5.74, 6) is 0.891. The molecule has 0 aliphatic rings. The number of aryl methyl sites for hydroxylation is 2. The van der Waals surface area contributed by atoms with Crippen LogP contribution in [-0.2, 0) is 7.05 Å². The van der Waals surface area contributed by atoms with E-state index >= 15 is 0 Å². The quantitative estimate of drug-likeness (QED) is 0.856. The van der Waals surface area contributed by atoms with Crippen molar-refractivity contribution in [1.82, 2.24) is 14.5 Å². The van der Waals surface area contributed by atoms with Crippen molar-refractivity contribution in [2.24, 2.45) is 7.05 Å². The molecule has 84 valence electrons. The van der Waals surface area contributed by atoms with E-state index in [2.05, 4.69) is 22.2 Å². The van der Waals surface area contributed by atoms with Crippen LogP contribution in [-0.4, -0.2) is 14.5 Å². The van der Waals surface area contributed by atoms with Crippen molar-refractivity contribution in [1.29, 1.82) is 0 Å². The summed E-state index contributed by atoms with van der Waals surface area (Å²) in [5, 5.41) is 3.37. The van der Waals surface area contributed by atoms with Gasteiger partial charge in [0.1, 0.15) is 0 Å². The molecule has 2 aromatic heterocycles. The molecule has 0 aromatic carbocycles. The first-order chi connectivity index (χ1) is 7.66. The predicted molar refractivity (Wildman–Crippen MR) is 64.2 cm³/mol. The Hall–Kier alpha value is -1.84. The lowest BCUT2D eigenvalue weighted by molar-refractivity contribution is 0.821. The Balaban J connectivity index is 2.14. The van der Waals surface area contributed by atoms with E-state index in [4.69, 9.17) is 0 Å². The number of imidazole rings is 1. The fourth-order valence-corrected chi connectivity index (χ4v) is 1.68. The highest BCUT2D eigenvalue weighted by atomic mass is 15.2. The second kappa shape index (κ2) is 4.35. The molecule has 1 atom stereocenters. The number of pyridine rings is 1. The number of aromatic nitrogens is 3. The van der Waals surface area contributed by atoms with Crippen molar-refractivity contribution < 1.29 is 0 Å². The molecule has 4 heteroatoms. The summed E-state index contributed by atoms with van der Waals surface area (Å²) < 4.78 is 1.99. The highest BCUT2D eigenvalue weighted by Gasteiger charge is 2.08. The largest absolute Gasteiger partial charge is 0.349 e. The molecule has 1 N–H and O–H groups in total. The van der Waals surface area contributed by atoms with Gasteiger partial charge in [-0.25, -0.2) is 4.98 Å². The van der Waals surface area contributed by atoms with Crippen LogP contribution in [0.5, 0.6) is 0 Å². The fourth-order valence-electron chi connectivity index (χ4n) is 1.68. The van der Waals surface area contributed by atoms with Crippen LogP contribution < -0.4 is 5.32 Å². The van der Waals surface area contributed by atoms with E-state index in [0.29, 0.717) is 0 Å². The molecule has 0 fully saturated rings. The molecule has 0 radical (unpaired) electrons. The summed E-state index contributed by atoms with van der Waals surface area (Å²) in [5.41, 5.74) is 2.22. The summed E-state index contributed by atoms with van der Waals surface area (Å²) in [6.07, 6.45) is 5.61. The maximum Gasteiger partial charge on any atom is 0.203 e. The van der Waals surface area contributed by atoms with Gasteiger partial charge in [0, 0.05) is 25.6 Å². The second-order valence-electron chi connectivity index (χ2n) is 3.96. The van der Waals surface area contributed by atoms with E-state index in [1.54, 1.807) is 12.4 Å². The molecule has 0 bridgehead atoms. The Labute approximate surface area is 95.4 Å². The smallest absolute Gasteiger partial charge is 0.203 e. The molecule has 0 aliphatic carbocycles. The Kier molecular flexibility index (Phi) is 2.90. The summed E-state index contributed by atoms with van der Waals surface area (Å²) >= 11 is 0. The zero-order chi connectivity index (χ0) is 11.5. The predicted octanol–water partition coefficient (Wildman–Crippen LogP) is 2.30. The zero-order valence-corrected chi connectivity index (χ0v) is 9.81. The molecule has 0 aliphatic heterocycles. The van der Waals surface area contributed by atoms with Gasteiger partial charge in [-0.2, -0.15) is 0 Å². The number of nitrogens with zero attached hydrogens (tertiary/aromatic N) is 3. The van der Waals surface area contributed by atoms with Gasteiger partial charge in [0.15, 0.2) is 0 Å². The minimum Gasteiger partial charge on any atom is -0.349 e. The molecule has 0 saturated carbocycles. The Morgan fingerprint density at radius 2 is 2.00 bits per heavy atom. The van der Waals surface area contributed by atoms with E-state index in [0.717, 1.165) is 11.6 Å². The van der Waals surface area contributed by atoms with Crippen molar-refractivity contribution in [3.05, 3.63) is 42.0 Å². The molecule has 0 spiro atoms. The minimum absolute atomic E-state index is 0.225. The molecule has 2 heterocycles. The van der Waals surface area contributed by atoms with Crippen LogP contribution in [0, 0.1) is 6.92 Å². The second-order valence-corrected chi connectivity index (χ2v) is 3.96. The lowest BCUT2D eigenvalue weighted by Gasteiger charge is -2.14. The van der Waals surface area contributed by atoms with Crippen LogP contribution in [0.3, 0.4) is 0 Å². The molecule has 4 nitrogen and oxygen atoms in total. The van der Waals surface area contributed by atoms with Crippen LogP contribution >= 0.6 is 0 Å². The van der Waals surface area contributed by atoms with E-state index in [1.807, 2.05) is 36.9 Å². The van der Waals surface area contributed by atoms with Crippen LogP contribution in [0.25, 0.3) is 0 Å². The third kappa shape index (κ3) is 2.21.